The fraction of sp³-hybridized carbons (Fsp3) is 0.217. The lowest BCUT2D eigenvalue weighted by atomic mass is 9.98. The Balaban J connectivity index is 1.41. The summed E-state index contributed by atoms with van der Waals surface area (Å²) in [6.07, 6.45) is 1.81. The average Bonchev–Trinajstić information content (AvgIpc) is 3.49. The summed E-state index contributed by atoms with van der Waals surface area (Å²) in [5.41, 5.74) is 4.55. The van der Waals surface area contributed by atoms with E-state index in [1.165, 1.54) is 0 Å². The topological polar surface area (TPSA) is 90.7 Å². The average molecular weight is 383 g/mol. The van der Waals surface area contributed by atoms with E-state index < -0.39 is 0 Å². The van der Waals surface area contributed by atoms with E-state index in [9.17, 15) is 10.1 Å². The molecule has 4 rings (SSSR count). The van der Waals surface area contributed by atoms with Crippen LogP contribution in [0.1, 0.15) is 40.2 Å². The van der Waals surface area contributed by atoms with E-state index in [-0.39, 0.29) is 11.3 Å². The highest BCUT2D eigenvalue weighted by atomic mass is 16.1. The van der Waals surface area contributed by atoms with E-state index in [1.54, 1.807) is 12.1 Å². The van der Waals surface area contributed by atoms with E-state index in [2.05, 4.69) is 26.7 Å². The van der Waals surface area contributed by atoms with E-state index >= 15 is 0 Å². The molecule has 1 saturated carbocycles. The molecular weight excluding hydrogens is 362 g/mol. The van der Waals surface area contributed by atoms with Crippen LogP contribution in [0.5, 0.6) is 0 Å². The number of carbonyl (C=O) groups is 1. The number of carbonyl (C=O) groups excluding carboxylic acids is 1. The minimum atomic E-state index is -0.315. The molecule has 6 nitrogen and oxygen atoms in total. The van der Waals surface area contributed by atoms with Crippen molar-refractivity contribution in [3.63, 3.8) is 0 Å². The molecule has 0 radical (unpaired) electrons. The van der Waals surface area contributed by atoms with Gasteiger partial charge in [0.25, 0.3) is 5.91 Å². The van der Waals surface area contributed by atoms with Crippen molar-refractivity contribution in [3.05, 3.63) is 77.1 Å². The van der Waals surface area contributed by atoms with Crippen molar-refractivity contribution in [2.75, 3.05) is 10.6 Å². The lowest BCUT2D eigenvalue weighted by Crippen LogP contribution is -2.12. The number of nitriles is 1. The smallest absolute Gasteiger partial charge is 0.255 e. The van der Waals surface area contributed by atoms with Crippen LogP contribution in [0.4, 0.5) is 17.3 Å². The van der Waals surface area contributed by atoms with E-state index in [4.69, 9.17) is 0 Å². The van der Waals surface area contributed by atoms with Crippen LogP contribution in [0.3, 0.4) is 0 Å². The van der Waals surface area contributed by atoms with Gasteiger partial charge in [0.1, 0.15) is 0 Å². The summed E-state index contributed by atoms with van der Waals surface area (Å²) < 4.78 is 0. The van der Waals surface area contributed by atoms with E-state index in [0.717, 1.165) is 35.5 Å². The van der Waals surface area contributed by atoms with Crippen LogP contribution in [0.25, 0.3) is 0 Å². The third-order valence-corrected chi connectivity index (χ3v) is 5.04. The third-order valence-electron chi connectivity index (χ3n) is 5.04. The Kier molecular flexibility index (Phi) is 4.73. The van der Waals surface area contributed by atoms with Crippen molar-refractivity contribution in [1.29, 1.82) is 5.26 Å². The van der Waals surface area contributed by atoms with Gasteiger partial charge in [-0.3, -0.25) is 4.79 Å². The van der Waals surface area contributed by atoms with E-state index in [1.807, 2.05) is 56.3 Å². The molecule has 29 heavy (non-hydrogen) atoms. The molecule has 0 spiro atoms. The fourth-order valence-corrected chi connectivity index (χ4v) is 3.28. The number of aryl methyl sites for hydroxylation is 2. The summed E-state index contributed by atoms with van der Waals surface area (Å²) in [6.45, 7) is 3.84. The lowest BCUT2D eigenvalue weighted by Gasteiger charge is -2.10. The Morgan fingerprint density at radius 3 is 2.10 bits per heavy atom. The molecule has 0 saturated heterocycles. The Labute approximate surface area is 169 Å². The van der Waals surface area contributed by atoms with Crippen LogP contribution >= 0.6 is 0 Å². The van der Waals surface area contributed by atoms with Gasteiger partial charge in [-0.2, -0.15) is 5.26 Å². The zero-order valence-electron chi connectivity index (χ0n) is 16.4. The largest absolute Gasteiger partial charge is 0.324 e. The predicted octanol–water partition coefficient (Wildman–Crippen LogP) is 4.64. The number of anilines is 3. The molecule has 1 heterocycles. The first-order chi connectivity index (χ1) is 14.0. The lowest BCUT2D eigenvalue weighted by molar-refractivity contribution is 0.102. The molecule has 2 N–H and O–H groups in total. The normalized spacial score (nSPS) is 14.0. The van der Waals surface area contributed by atoms with Crippen LogP contribution in [-0.2, 0) is 5.41 Å². The number of amides is 1. The minimum absolute atomic E-state index is 0.187. The first kappa shape index (κ1) is 18.6. The number of aromatic nitrogens is 2. The molecule has 0 bridgehead atoms. The van der Waals surface area contributed by atoms with Crippen LogP contribution in [0.2, 0.25) is 0 Å². The quantitative estimate of drug-likeness (QED) is 0.669. The molecule has 144 valence electrons. The molecule has 0 unspecified atom stereocenters. The number of hydrogen-bond donors (Lipinski definition) is 2. The van der Waals surface area contributed by atoms with Crippen molar-refractivity contribution < 1.29 is 4.79 Å². The van der Waals surface area contributed by atoms with Crippen molar-refractivity contribution in [3.8, 4) is 6.07 Å². The van der Waals surface area contributed by atoms with Crippen LogP contribution in [-0.4, -0.2) is 15.9 Å². The van der Waals surface area contributed by atoms with Gasteiger partial charge >= 0.3 is 0 Å². The van der Waals surface area contributed by atoms with Crippen LogP contribution in [0, 0.1) is 25.2 Å². The Bertz CT molecular complexity index is 1070. The van der Waals surface area contributed by atoms with Gasteiger partial charge in [-0.05, 0) is 74.7 Å². The van der Waals surface area contributed by atoms with Crippen molar-refractivity contribution in [2.45, 2.75) is 32.1 Å². The van der Waals surface area contributed by atoms with Gasteiger partial charge in [0.05, 0.1) is 11.5 Å². The minimum Gasteiger partial charge on any atom is -0.324 e. The third kappa shape index (κ3) is 4.09. The second-order valence-corrected chi connectivity index (χ2v) is 7.40. The van der Waals surface area contributed by atoms with Gasteiger partial charge in [0.2, 0.25) is 5.95 Å². The molecule has 3 aromatic rings. The molecule has 1 aliphatic rings. The first-order valence-electron chi connectivity index (χ1n) is 9.50. The Morgan fingerprint density at radius 2 is 1.55 bits per heavy atom. The summed E-state index contributed by atoms with van der Waals surface area (Å²) in [5, 5.41) is 15.3. The highest BCUT2D eigenvalue weighted by Crippen LogP contribution is 2.47. The number of hydrogen-bond acceptors (Lipinski definition) is 5. The van der Waals surface area contributed by atoms with Gasteiger partial charge in [-0.1, -0.05) is 12.1 Å². The van der Waals surface area contributed by atoms with E-state index in [0.29, 0.717) is 17.2 Å². The summed E-state index contributed by atoms with van der Waals surface area (Å²) in [7, 11) is 0. The van der Waals surface area contributed by atoms with Gasteiger partial charge in [-0.15, -0.1) is 0 Å². The zero-order valence-corrected chi connectivity index (χ0v) is 16.4. The van der Waals surface area contributed by atoms with Crippen LogP contribution < -0.4 is 10.6 Å². The van der Waals surface area contributed by atoms with Gasteiger partial charge in [-0.25, -0.2) is 9.97 Å². The summed E-state index contributed by atoms with van der Waals surface area (Å²) in [5.74, 6) is 0.346. The monoisotopic (exact) mass is 383 g/mol. The Morgan fingerprint density at radius 1 is 0.966 bits per heavy atom. The number of nitrogens with zero attached hydrogens (tertiary/aromatic N) is 3. The Hall–Kier alpha value is -3.72. The highest BCUT2D eigenvalue weighted by molar-refractivity contribution is 6.04. The van der Waals surface area contributed by atoms with Crippen LogP contribution in [0.15, 0.2) is 54.6 Å². The number of nitrogens with one attached hydrogen (secondary N) is 2. The summed E-state index contributed by atoms with van der Waals surface area (Å²) in [4.78, 5) is 21.2. The predicted molar refractivity (Wildman–Crippen MR) is 112 cm³/mol. The molecular formula is C23H21N5O. The second-order valence-electron chi connectivity index (χ2n) is 7.40. The molecule has 1 amide bonds. The number of benzene rings is 2. The standard InChI is InChI=1S/C23H21N5O/c1-15-13-16(2)26-22(25-15)28-20-7-3-17(4-8-20)21(29)27-19-9-5-18(6-10-19)23(14-24)11-12-23/h3-10,13H,11-12H2,1-2H3,(H,27,29)(H,25,26,28). The molecule has 0 atom stereocenters. The van der Waals surface area contributed by atoms with Crippen molar-refractivity contribution in [1.82, 2.24) is 9.97 Å². The molecule has 1 aliphatic carbocycles. The maximum Gasteiger partial charge on any atom is 0.255 e. The number of rotatable bonds is 5. The highest BCUT2D eigenvalue weighted by Gasteiger charge is 2.44. The zero-order chi connectivity index (χ0) is 20.4. The van der Waals surface area contributed by atoms with Gasteiger partial charge in [0.15, 0.2) is 0 Å². The van der Waals surface area contributed by atoms with Crippen molar-refractivity contribution >= 4 is 23.2 Å². The van der Waals surface area contributed by atoms with Gasteiger partial charge in [0, 0.05) is 28.3 Å². The molecule has 1 fully saturated rings. The second kappa shape index (κ2) is 7.36. The first-order valence-corrected chi connectivity index (χ1v) is 9.50. The molecule has 0 aliphatic heterocycles. The molecule has 1 aromatic heterocycles. The maximum atomic E-state index is 12.5. The molecule has 6 heteroatoms. The maximum absolute atomic E-state index is 12.5. The molecule has 2 aromatic carbocycles. The van der Waals surface area contributed by atoms with Crippen molar-refractivity contribution in [2.24, 2.45) is 0 Å². The fourth-order valence-electron chi connectivity index (χ4n) is 3.28. The summed E-state index contributed by atoms with van der Waals surface area (Å²) >= 11 is 0. The SMILES string of the molecule is Cc1cc(C)nc(Nc2ccc(C(=O)Nc3ccc(C4(C#N)CC4)cc3)cc2)n1. The summed E-state index contributed by atoms with van der Waals surface area (Å²) in [6, 6.07) is 19.0. The van der Waals surface area contributed by atoms with Gasteiger partial charge < -0.3 is 10.6 Å².